The van der Waals surface area contributed by atoms with Crippen LogP contribution in [0, 0.1) is 11.3 Å². The van der Waals surface area contributed by atoms with Crippen LogP contribution >= 0.6 is 0 Å². The van der Waals surface area contributed by atoms with E-state index in [0.717, 1.165) is 0 Å². The fraction of sp³-hybridized carbons (Fsp3) is 0. The van der Waals surface area contributed by atoms with E-state index in [-0.39, 0.29) is 16.9 Å². The summed E-state index contributed by atoms with van der Waals surface area (Å²) in [6, 6.07) is 17.0. The predicted molar refractivity (Wildman–Crippen MR) is 87.3 cm³/mol. The first-order valence-electron chi connectivity index (χ1n) is 7.15. The smallest absolute Gasteiger partial charge is 0.335 e. The third kappa shape index (κ3) is 2.81. The van der Waals surface area contributed by atoms with Gasteiger partial charge < -0.3 is 9.67 Å². The average Bonchev–Trinajstić information content (AvgIpc) is 3.06. The van der Waals surface area contributed by atoms with Crippen LogP contribution in [0.25, 0.3) is 5.69 Å². The number of hydrogen-bond donors (Lipinski definition) is 1. The zero-order chi connectivity index (χ0) is 17.1. The van der Waals surface area contributed by atoms with Crippen molar-refractivity contribution >= 4 is 11.8 Å². The van der Waals surface area contributed by atoms with Crippen molar-refractivity contribution in [3.8, 4) is 11.8 Å². The van der Waals surface area contributed by atoms with Crippen molar-refractivity contribution in [2.75, 3.05) is 0 Å². The standard InChI is InChI=1S/C19H12N2O3/c20-10-15-11-21(16-8-6-14(7-9-16)19(23)24)12-17(15)18(22)13-4-2-1-3-5-13/h1-9,11-12H,(H,23,24). The Bertz CT molecular complexity index is 949. The molecule has 2 aromatic carbocycles. The molecule has 0 saturated heterocycles. The Balaban J connectivity index is 2.00. The van der Waals surface area contributed by atoms with Crippen LogP contribution in [-0.4, -0.2) is 21.4 Å². The lowest BCUT2D eigenvalue weighted by atomic mass is 10.0. The number of carbonyl (C=O) groups is 2. The van der Waals surface area contributed by atoms with Gasteiger partial charge in [0.1, 0.15) is 6.07 Å². The van der Waals surface area contributed by atoms with E-state index >= 15 is 0 Å². The minimum Gasteiger partial charge on any atom is -0.478 e. The first-order chi connectivity index (χ1) is 11.6. The zero-order valence-corrected chi connectivity index (χ0v) is 12.5. The number of rotatable bonds is 4. The van der Waals surface area contributed by atoms with Gasteiger partial charge in [-0.1, -0.05) is 30.3 Å². The molecule has 5 nitrogen and oxygen atoms in total. The largest absolute Gasteiger partial charge is 0.478 e. The van der Waals surface area contributed by atoms with Crippen LogP contribution in [-0.2, 0) is 0 Å². The summed E-state index contributed by atoms with van der Waals surface area (Å²) >= 11 is 0. The van der Waals surface area contributed by atoms with E-state index < -0.39 is 5.97 Å². The Morgan fingerprint density at radius 3 is 2.17 bits per heavy atom. The molecule has 0 saturated carbocycles. The molecule has 0 aliphatic rings. The van der Waals surface area contributed by atoms with Gasteiger partial charge in [0, 0.05) is 23.6 Å². The molecule has 1 aromatic heterocycles. The van der Waals surface area contributed by atoms with Gasteiger partial charge in [-0.25, -0.2) is 4.79 Å². The Morgan fingerprint density at radius 2 is 1.58 bits per heavy atom. The second-order valence-electron chi connectivity index (χ2n) is 5.15. The lowest BCUT2D eigenvalue weighted by Crippen LogP contribution is -2.01. The molecule has 0 fully saturated rings. The molecule has 0 bridgehead atoms. The highest BCUT2D eigenvalue weighted by atomic mass is 16.4. The molecule has 0 aliphatic carbocycles. The third-order valence-electron chi connectivity index (χ3n) is 3.64. The van der Waals surface area contributed by atoms with Gasteiger partial charge in [-0.05, 0) is 24.3 Å². The summed E-state index contributed by atoms with van der Waals surface area (Å²) in [5, 5.41) is 18.2. The normalized spacial score (nSPS) is 10.1. The molecule has 3 rings (SSSR count). The first kappa shape index (κ1) is 15.3. The number of carbonyl (C=O) groups excluding carboxylic acids is 1. The molecule has 24 heavy (non-hydrogen) atoms. The SMILES string of the molecule is N#Cc1cn(-c2ccc(C(=O)O)cc2)cc1C(=O)c1ccccc1. The van der Waals surface area contributed by atoms with Crippen LogP contribution in [0.3, 0.4) is 0 Å². The maximum Gasteiger partial charge on any atom is 0.335 e. The Labute approximate surface area is 138 Å². The maximum absolute atomic E-state index is 12.6. The number of hydrogen-bond acceptors (Lipinski definition) is 3. The highest BCUT2D eigenvalue weighted by Crippen LogP contribution is 2.19. The summed E-state index contributed by atoms with van der Waals surface area (Å²) in [6.45, 7) is 0. The van der Waals surface area contributed by atoms with Crippen molar-refractivity contribution in [2.45, 2.75) is 0 Å². The van der Waals surface area contributed by atoms with Crippen LogP contribution < -0.4 is 0 Å². The Morgan fingerprint density at radius 1 is 0.917 bits per heavy atom. The first-order valence-corrected chi connectivity index (χ1v) is 7.15. The monoisotopic (exact) mass is 316 g/mol. The van der Waals surface area contributed by atoms with Crippen LogP contribution in [0.15, 0.2) is 67.0 Å². The summed E-state index contributed by atoms with van der Waals surface area (Å²) in [5.41, 5.74) is 1.93. The summed E-state index contributed by atoms with van der Waals surface area (Å²) in [4.78, 5) is 23.5. The highest BCUT2D eigenvalue weighted by Gasteiger charge is 2.17. The van der Waals surface area contributed by atoms with Gasteiger partial charge >= 0.3 is 5.97 Å². The van der Waals surface area contributed by atoms with Gasteiger partial charge in [0.15, 0.2) is 5.78 Å². The van der Waals surface area contributed by atoms with Crippen molar-refractivity contribution in [1.29, 1.82) is 5.26 Å². The fourth-order valence-electron chi connectivity index (χ4n) is 2.39. The van der Waals surface area contributed by atoms with E-state index in [0.29, 0.717) is 16.8 Å². The van der Waals surface area contributed by atoms with E-state index in [2.05, 4.69) is 0 Å². The zero-order valence-electron chi connectivity index (χ0n) is 12.5. The second kappa shape index (κ2) is 6.23. The molecule has 116 valence electrons. The number of carboxylic acids is 1. The molecular weight excluding hydrogens is 304 g/mol. The van der Waals surface area contributed by atoms with Crippen LogP contribution in [0.1, 0.15) is 31.8 Å². The van der Waals surface area contributed by atoms with E-state index in [4.69, 9.17) is 5.11 Å². The molecule has 0 amide bonds. The van der Waals surface area contributed by atoms with Gasteiger partial charge in [-0.15, -0.1) is 0 Å². The lowest BCUT2D eigenvalue weighted by molar-refractivity contribution is 0.0696. The highest BCUT2D eigenvalue weighted by molar-refractivity contribution is 6.10. The second-order valence-corrected chi connectivity index (χ2v) is 5.15. The molecule has 0 spiro atoms. The predicted octanol–water partition coefficient (Wildman–Crippen LogP) is 3.28. The van der Waals surface area contributed by atoms with E-state index in [9.17, 15) is 14.9 Å². The molecule has 0 aliphatic heterocycles. The topological polar surface area (TPSA) is 83.1 Å². The quantitative estimate of drug-likeness (QED) is 0.749. The van der Waals surface area contributed by atoms with E-state index in [1.54, 1.807) is 53.4 Å². The van der Waals surface area contributed by atoms with Crippen molar-refractivity contribution in [1.82, 2.24) is 4.57 Å². The average molecular weight is 316 g/mol. The molecule has 1 N–H and O–H groups in total. The van der Waals surface area contributed by atoms with Gasteiger partial charge in [0.05, 0.1) is 16.7 Å². The number of nitrogens with zero attached hydrogens (tertiary/aromatic N) is 2. The summed E-state index contributed by atoms with van der Waals surface area (Å²) in [5.74, 6) is -1.24. The van der Waals surface area contributed by atoms with E-state index in [1.807, 2.05) is 12.1 Å². The molecule has 5 heteroatoms. The number of aromatic carboxylic acids is 1. The van der Waals surface area contributed by atoms with Gasteiger partial charge in [0.2, 0.25) is 0 Å². The van der Waals surface area contributed by atoms with Gasteiger partial charge in [0.25, 0.3) is 0 Å². The number of benzene rings is 2. The van der Waals surface area contributed by atoms with E-state index in [1.165, 1.54) is 12.1 Å². The maximum atomic E-state index is 12.6. The van der Waals surface area contributed by atoms with Gasteiger partial charge in [-0.2, -0.15) is 5.26 Å². The van der Waals surface area contributed by atoms with Gasteiger partial charge in [-0.3, -0.25) is 4.79 Å². The Hall–Kier alpha value is -3.65. The fourth-order valence-corrected chi connectivity index (χ4v) is 2.39. The molecular formula is C19H12N2O3. The number of nitriles is 1. The summed E-state index contributed by atoms with van der Waals surface area (Å²) < 4.78 is 1.64. The third-order valence-corrected chi connectivity index (χ3v) is 3.64. The minimum absolute atomic E-state index is 0.173. The minimum atomic E-state index is -1.01. The molecule has 0 unspecified atom stereocenters. The molecule has 3 aromatic rings. The molecule has 1 heterocycles. The number of ketones is 1. The van der Waals surface area contributed by atoms with Crippen molar-refractivity contribution in [2.24, 2.45) is 0 Å². The number of carboxylic acid groups (broad SMARTS) is 1. The lowest BCUT2D eigenvalue weighted by Gasteiger charge is -2.03. The van der Waals surface area contributed by atoms with Crippen LogP contribution in [0.4, 0.5) is 0 Å². The number of aromatic nitrogens is 1. The molecule has 0 radical (unpaired) electrons. The molecule has 0 atom stereocenters. The van der Waals surface area contributed by atoms with Crippen LogP contribution in [0.2, 0.25) is 0 Å². The van der Waals surface area contributed by atoms with Crippen LogP contribution in [0.5, 0.6) is 0 Å². The summed E-state index contributed by atoms with van der Waals surface area (Å²) in [6.07, 6.45) is 3.15. The summed E-state index contributed by atoms with van der Waals surface area (Å²) in [7, 11) is 0. The Kier molecular flexibility index (Phi) is 3.96. The van der Waals surface area contributed by atoms with Crippen molar-refractivity contribution in [3.63, 3.8) is 0 Å². The van der Waals surface area contributed by atoms with Crippen molar-refractivity contribution in [3.05, 3.63) is 89.2 Å². The van der Waals surface area contributed by atoms with Crippen molar-refractivity contribution < 1.29 is 14.7 Å².